The lowest BCUT2D eigenvalue weighted by molar-refractivity contribution is 0.102. The third-order valence-corrected chi connectivity index (χ3v) is 6.83. The van der Waals surface area contributed by atoms with Gasteiger partial charge in [0.05, 0.1) is 18.5 Å². The van der Waals surface area contributed by atoms with Gasteiger partial charge >= 0.3 is 0 Å². The number of rotatable bonds is 6. The molecule has 7 heteroatoms. The number of benzene rings is 3. The number of methoxy groups -OCH3 is 1. The van der Waals surface area contributed by atoms with E-state index in [2.05, 4.69) is 17.2 Å². The number of thiazole rings is 1. The van der Waals surface area contributed by atoms with Gasteiger partial charge in [-0.05, 0) is 55.3 Å². The van der Waals surface area contributed by atoms with E-state index >= 15 is 0 Å². The van der Waals surface area contributed by atoms with Gasteiger partial charge in [-0.3, -0.25) is 10.1 Å². The number of carbonyl (C=O) groups excluding carboxylic acids is 1. The topological polar surface area (TPSA) is 76.7 Å². The lowest BCUT2D eigenvalue weighted by Gasteiger charge is -2.07. The minimum absolute atomic E-state index is 0.228. The molecule has 36 heavy (non-hydrogen) atoms. The summed E-state index contributed by atoms with van der Waals surface area (Å²) in [7, 11) is 1.60. The number of nitrogens with zero attached hydrogens (tertiary/aromatic N) is 2. The minimum Gasteiger partial charge on any atom is -0.497 e. The normalized spacial score (nSPS) is 11.6. The summed E-state index contributed by atoms with van der Waals surface area (Å²) in [5, 5.41) is 4.24. The van der Waals surface area contributed by atoms with Gasteiger partial charge in [0.25, 0.3) is 5.91 Å². The van der Waals surface area contributed by atoms with Crippen molar-refractivity contribution in [3.8, 4) is 17.0 Å². The molecule has 5 aromatic rings. The van der Waals surface area contributed by atoms with Crippen molar-refractivity contribution in [2.24, 2.45) is 4.99 Å². The number of amides is 1. The number of nitrogens with one attached hydrogen (secondary N) is 1. The van der Waals surface area contributed by atoms with Crippen molar-refractivity contribution in [3.63, 3.8) is 0 Å². The first-order valence-corrected chi connectivity index (χ1v) is 12.5. The largest absolute Gasteiger partial charge is 0.497 e. The monoisotopic (exact) mass is 495 g/mol. The summed E-state index contributed by atoms with van der Waals surface area (Å²) < 4.78 is 11.5. The fraction of sp³-hybridized carbons (Fsp3) is 0.138. The van der Waals surface area contributed by atoms with Gasteiger partial charge in [-0.15, -0.1) is 11.3 Å². The van der Waals surface area contributed by atoms with Crippen LogP contribution >= 0.6 is 11.3 Å². The molecule has 0 aliphatic carbocycles. The van der Waals surface area contributed by atoms with Crippen molar-refractivity contribution in [1.82, 2.24) is 4.98 Å². The van der Waals surface area contributed by atoms with Crippen molar-refractivity contribution < 1.29 is 13.9 Å². The quantitative estimate of drug-likeness (QED) is 0.277. The van der Waals surface area contributed by atoms with Gasteiger partial charge in [0, 0.05) is 15.8 Å². The van der Waals surface area contributed by atoms with Crippen LogP contribution in [0.5, 0.6) is 5.75 Å². The molecule has 1 N–H and O–H groups in total. The van der Waals surface area contributed by atoms with Crippen molar-refractivity contribution >= 4 is 39.0 Å². The molecule has 0 saturated carbocycles. The molecular weight excluding hydrogens is 470 g/mol. The van der Waals surface area contributed by atoms with Crippen LogP contribution in [-0.4, -0.2) is 18.0 Å². The smallest absolute Gasteiger partial charge is 0.262 e. The Morgan fingerprint density at radius 1 is 1.06 bits per heavy atom. The lowest BCUT2D eigenvalue weighted by atomic mass is 10.1. The standard InChI is InChI=1S/C29H25N3O3S/c1-4-25-26(19-10-6-5-7-11-19)31-29(36-25)32-27(33)23-17-20-16-22(34-3)13-14-24(20)35-28(23)30-21-12-8-9-18(2)15-21/h5-17H,4H2,1-3H3,(H,31,32,33). The third kappa shape index (κ3) is 4.92. The van der Waals surface area contributed by atoms with Crippen LogP contribution in [0.3, 0.4) is 0 Å². The molecule has 3 aromatic carbocycles. The van der Waals surface area contributed by atoms with Crippen molar-refractivity contribution in [1.29, 1.82) is 0 Å². The molecule has 2 aromatic heterocycles. The molecule has 0 spiro atoms. The number of fused-ring (bicyclic) bond motifs is 1. The highest BCUT2D eigenvalue weighted by molar-refractivity contribution is 7.16. The Kier molecular flexibility index (Phi) is 6.64. The maximum Gasteiger partial charge on any atom is 0.262 e. The van der Waals surface area contributed by atoms with E-state index in [1.54, 1.807) is 13.2 Å². The first-order chi connectivity index (χ1) is 17.5. The Morgan fingerprint density at radius 3 is 2.64 bits per heavy atom. The number of aryl methyl sites for hydroxylation is 2. The molecule has 0 aliphatic heterocycles. The molecule has 5 rings (SSSR count). The SMILES string of the molecule is CCc1sc(NC(=O)c2cc3cc(OC)ccc3oc2=Nc2cccc(C)c2)nc1-c1ccccc1. The Balaban J connectivity index is 1.59. The van der Waals surface area contributed by atoms with Gasteiger partial charge in [-0.1, -0.05) is 49.4 Å². The lowest BCUT2D eigenvalue weighted by Crippen LogP contribution is -2.21. The van der Waals surface area contributed by atoms with E-state index in [-0.39, 0.29) is 11.5 Å². The molecule has 6 nitrogen and oxygen atoms in total. The van der Waals surface area contributed by atoms with E-state index in [1.165, 1.54) is 11.3 Å². The van der Waals surface area contributed by atoms with Gasteiger partial charge in [0.1, 0.15) is 16.9 Å². The Morgan fingerprint density at radius 2 is 1.89 bits per heavy atom. The molecule has 2 heterocycles. The number of hydrogen-bond donors (Lipinski definition) is 1. The molecule has 0 saturated heterocycles. The molecule has 0 bridgehead atoms. The van der Waals surface area contributed by atoms with Gasteiger partial charge in [-0.25, -0.2) is 9.98 Å². The number of ether oxygens (including phenoxy) is 1. The number of hydrogen-bond acceptors (Lipinski definition) is 6. The highest BCUT2D eigenvalue weighted by Crippen LogP contribution is 2.32. The molecule has 180 valence electrons. The average molecular weight is 496 g/mol. The van der Waals surface area contributed by atoms with E-state index < -0.39 is 0 Å². The van der Waals surface area contributed by atoms with Crippen LogP contribution in [0.1, 0.15) is 27.7 Å². The van der Waals surface area contributed by atoms with Gasteiger partial charge in [0.15, 0.2) is 5.13 Å². The predicted molar refractivity (Wildman–Crippen MR) is 144 cm³/mol. The van der Waals surface area contributed by atoms with Crippen molar-refractivity contribution in [3.05, 3.63) is 100 Å². The van der Waals surface area contributed by atoms with Crippen molar-refractivity contribution in [2.75, 3.05) is 12.4 Å². The molecule has 1 amide bonds. The Bertz CT molecular complexity index is 1620. The molecule has 0 aliphatic rings. The summed E-state index contributed by atoms with van der Waals surface area (Å²) in [6.07, 6.45) is 0.816. The first kappa shape index (κ1) is 23.5. The molecule has 0 radical (unpaired) electrons. The Labute approximate surface area is 212 Å². The number of carbonyl (C=O) groups is 1. The molecule has 0 fully saturated rings. The third-order valence-electron chi connectivity index (χ3n) is 5.72. The summed E-state index contributed by atoms with van der Waals surface area (Å²) in [5.74, 6) is 0.332. The average Bonchev–Trinajstić information content (AvgIpc) is 3.31. The fourth-order valence-corrected chi connectivity index (χ4v) is 4.85. The summed E-state index contributed by atoms with van der Waals surface area (Å²) in [6, 6.07) is 25.0. The maximum absolute atomic E-state index is 13.5. The van der Waals surface area contributed by atoms with E-state index in [9.17, 15) is 4.79 Å². The van der Waals surface area contributed by atoms with Crippen LogP contribution in [0.4, 0.5) is 10.8 Å². The second kappa shape index (κ2) is 10.2. The number of anilines is 1. The van der Waals surface area contributed by atoms with Crippen LogP contribution < -0.4 is 15.6 Å². The zero-order valence-corrected chi connectivity index (χ0v) is 21.1. The highest BCUT2D eigenvalue weighted by Gasteiger charge is 2.18. The molecule has 0 unspecified atom stereocenters. The fourth-order valence-electron chi connectivity index (χ4n) is 3.93. The molecule has 0 atom stereocenters. The van der Waals surface area contributed by atoms with E-state index in [1.807, 2.05) is 79.7 Å². The van der Waals surface area contributed by atoms with Gasteiger partial charge in [0.2, 0.25) is 5.55 Å². The summed E-state index contributed by atoms with van der Waals surface area (Å²) in [4.78, 5) is 24.1. The summed E-state index contributed by atoms with van der Waals surface area (Å²) in [6.45, 7) is 4.08. The maximum atomic E-state index is 13.5. The summed E-state index contributed by atoms with van der Waals surface area (Å²) in [5.41, 5.74) is 4.82. The van der Waals surface area contributed by atoms with Crippen LogP contribution in [0.15, 0.2) is 88.3 Å². The van der Waals surface area contributed by atoms with Crippen molar-refractivity contribution in [2.45, 2.75) is 20.3 Å². The Hall–Kier alpha value is -4.23. The zero-order valence-electron chi connectivity index (χ0n) is 20.2. The number of aromatic nitrogens is 1. The van der Waals surface area contributed by atoms with Gasteiger partial charge < -0.3 is 9.15 Å². The van der Waals surface area contributed by atoms with Gasteiger partial charge in [-0.2, -0.15) is 0 Å². The molecular formula is C29H25N3O3S. The first-order valence-electron chi connectivity index (χ1n) is 11.6. The predicted octanol–water partition coefficient (Wildman–Crippen LogP) is 6.92. The second-order valence-electron chi connectivity index (χ2n) is 8.28. The second-order valence-corrected chi connectivity index (χ2v) is 9.37. The van der Waals surface area contributed by atoms with E-state index in [0.717, 1.165) is 33.5 Å². The highest BCUT2D eigenvalue weighted by atomic mass is 32.1. The van der Waals surface area contributed by atoms with Crippen LogP contribution in [0, 0.1) is 6.92 Å². The van der Waals surface area contributed by atoms with E-state index in [0.29, 0.717) is 27.7 Å². The van der Waals surface area contributed by atoms with E-state index in [4.69, 9.17) is 14.1 Å². The minimum atomic E-state index is -0.342. The zero-order chi connectivity index (χ0) is 25.1. The summed E-state index contributed by atoms with van der Waals surface area (Å²) >= 11 is 1.47. The van der Waals surface area contributed by atoms with Crippen LogP contribution in [0.25, 0.3) is 22.2 Å². The van der Waals surface area contributed by atoms with Crippen LogP contribution in [-0.2, 0) is 6.42 Å². The van der Waals surface area contributed by atoms with Crippen LogP contribution in [0.2, 0.25) is 0 Å².